The highest BCUT2D eigenvalue weighted by molar-refractivity contribution is 5.24. The number of rotatable bonds is 0. The summed E-state index contributed by atoms with van der Waals surface area (Å²) >= 11 is 0. The summed E-state index contributed by atoms with van der Waals surface area (Å²) in [6, 6.07) is 0. The van der Waals surface area contributed by atoms with Gasteiger partial charge in [-0.3, -0.25) is 0 Å². The van der Waals surface area contributed by atoms with E-state index in [1.165, 1.54) is 19.3 Å². The van der Waals surface area contributed by atoms with Gasteiger partial charge in [0.2, 0.25) is 0 Å². The Balaban J connectivity index is 2.12. The van der Waals surface area contributed by atoms with Crippen molar-refractivity contribution in [3.05, 3.63) is 0 Å². The molecule has 2 aliphatic carbocycles. The van der Waals surface area contributed by atoms with Crippen LogP contribution in [-0.4, -0.2) is 11.7 Å². The lowest BCUT2D eigenvalue weighted by Gasteiger charge is -1.84. The Kier molecular flexibility index (Phi) is 0.253. The zero-order valence-corrected chi connectivity index (χ0v) is 4.18. The van der Waals surface area contributed by atoms with Gasteiger partial charge in [-0.15, -0.1) is 0 Å². The second-order valence-electron chi connectivity index (χ2n) is 3.04. The molecule has 3 unspecified atom stereocenters. The molecule has 3 atom stereocenters. The number of ether oxygens (including phenoxy) is 1. The summed E-state index contributed by atoms with van der Waals surface area (Å²) in [6.07, 6.45) is 4.96. The molecule has 1 saturated heterocycles. The van der Waals surface area contributed by atoms with E-state index in [-0.39, 0.29) is 0 Å². The Morgan fingerprint density at radius 2 is 2.43 bits per heavy atom. The lowest BCUT2D eigenvalue weighted by atomic mass is 10.2. The molecule has 7 heavy (non-hydrogen) atoms. The highest BCUT2D eigenvalue weighted by Crippen LogP contribution is 2.70. The van der Waals surface area contributed by atoms with Gasteiger partial charge in [0.15, 0.2) is 0 Å². The quantitative estimate of drug-likeness (QED) is 0.409. The van der Waals surface area contributed by atoms with Crippen molar-refractivity contribution in [1.82, 2.24) is 0 Å². The topological polar surface area (TPSA) is 12.5 Å². The summed E-state index contributed by atoms with van der Waals surface area (Å²) in [4.78, 5) is 0. The largest absolute Gasteiger partial charge is 0.366 e. The van der Waals surface area contributed by atoms with Crippen LogP contribution in [0.25, 0.3) is 0 Å². The average Bonchev–Trinajstić information content (AvgIpc) is 2.49. The minimum Gasteiger partial charge on any atom is -0.366 e. The molecule has 0 N–H and O–H groups in total. The monoisotopic (exact) mass is 96.1 g/mol. The van der Waals surface area contributed by atoms with Crippen molar-refractivity contribution in [3.8, 4) is 0 Å². The first-order valence-corrected chi connectivity index (χ1v) is 3.10. The Labute approximate surface area is 42.7 Å². The minimum absolute atomic E-state index is 0.528. The number of hydrogen-bond donors (Lipinski definition) is 0. The van der Waals surface area contributed by atoms with Gasteiger partial charge in [0.1, 0.15) is 0 Å². The Hall–Kier alpha value is -0.0400. The molecule has 3 fully saturated rings. The smallest absolute Gasteiger partial charge is 0.0981 e. The fraction of sp³-hybridized carbons (Fsp3) is 1.00. The van der Waals surface area contributed by atoms with E-state index in [0.717, 1.165) is 12.0 Å². The fourth-order valence-corrected chi connectivity index (χ4v) is 2.10. The molecule has 1 aliphatic heterocycles. The van der Waals surface area contributed by atoms with Crippen molar-refractivity contribution in [2.75, 3.05) is 0 Å². The van der Waals surface area contributed by atoms with Crippen molar-refractivity contribution < 1.29 is 4.74 Å². The van der Waals surface area contributed by atoms with Gasteiger partial charge in [-0.1, -0.05) is 0 Å². The summed E-state index contributed by atoms with van der Waals surface area (Å²) in [5.74, 6) is 1.01. The van der Waals surface area contributed by atoms with Crippen molar-refractivity contribution in [2.45, 2.75) is 31.0 Å². The van der Waals surface area contributed by atoms with Crippen LogP contribution in [0, 0.1) is 5.92 Å². The molecule has 38 valence electrons. The van der Waals surface area contributed by atoms with E-state index in [4.69, 9.17) is 4.74 Å². The van der Waals surface area contributed by atoms with Crippen LogP contribution in [0.5, 0.6) is 0 Å². The molecule has 1 nitrogen and oxygen atoms in total. The molecule has 0 amide bonds. The lowest BCUT2D eigenvalue weighted by Crippen LogP contribution is -1.82. The van der Waals surface area contributed by atoms with E-state index in [0.29, 0.717) is 5.60 Å². The van der Waals surface area contributed by atoms with E-state index in [1.807, 2.05) is 0 Å². The van der Waals surface area contributed by atoms with Crippen LogP contribution < -0.4 is 0 Å². The molecule has 0 aromatic rings. The van der Waals surface area contributed by atoms with Crippen molar-refractivity contribution in [3.63, 3.8) is 0 Å². The summed E-state index contributed by atoms with van der Waals surface area (Å²) in [5.41, 5.74) is 0.528. The molecule has 0 aromatic carbocycles. The molecule has 1 heterocycles. The van der Waals surface area contributed by atoms with Crippen molar-refractivity contribution >= 4 is 0 Å². The maximum atomic E-state index is 5.41. The van der Waals surface area contributed by atoms with Gasteiger partial charge in [-0.25, -0.2) is 0 Å². The van der Waals surface area contributed by atoms with Gasteiger partial charge >= 0.3 is 0 Å². The first-order chi connectivity index (χ1) is 3.42. The lowest BCUT2D eigenvalue weighted by molar-refractivity contribution is 0.315. The van der Waals surface area contributed by atoms with Gasteiger partial charge < -0.3 is 4.74 Å². The van der Waals surface area contributed by atoms with E-state index < -0.39 is 0 Å². The highest BCUT2D eigenvalue weighted by atomic mass is 16.6. The van der Waals surface area contributed by atoms with Gasteiger partial charge in [-0.2, -0.15) is 0 Å². The Morgan fingerprint density at radius 3 is 2.57 bits per heavy atom. The molecule has 1 spiro atoms. The van der Waals surface area contributed by atoms with Crippen LogP contribution in [0.1, 0.15) is 19.3 Å². The zero-order chi connectivity index (χ0) is 4.48. The molecule has 0 radical (unpaired) electrons. The number of hydrogen-bond acceptors (Lipinski definition) is 1. The Bertz CT molecular complexity index is 110. The molecule has 3 aliphatic rings. The van der Waals surface area contributed by atoms with Crippen LogP contribution in [0.15, 0.2) is 0 Å². The minimum atomic E-state index is 0.528. The van der Waals surface area contributed by atoms with Crippen LogP contribution in [0.3, 0.4) is 0 Å². The third-order valence-corrected chi connectivity index (χ3v) is 2.72. The summed E-state index contributed by atoms with van der Waals surface area (Å²) in [7, 11) is 0. The van der Waals surface area contributed by atoms with Gasteiger partial charge in [0.05, 0.1) is 11.7 Å². The first kappa shape index (κ1) is 3.08. The predicted octanol–water partition coefficient (Wildman–Crippen LogP) is 0.938. The third kappa shape index (κ3) is 0.177. The van der Waals surface area contributed by atoms with Crippen LogP contribution in [-0.2, 0) is 4.74 Å². The third-order valence-electron chi connectivity index (χ3n) is 2.72. The van der Waals surface area contributed by atoms with Crippen LogP contribution >= 0.6 is 0 Å². The maximum Gasteiger partial charge on any atom is 0.0981 e. The van der Waals surface area contributed by atoms with E-state index in [9.17, 15) is 0 Å². The van der Waals surface area contributed by atoms with Crippen molar-refractivity contribution in [1.29, 1.82) is 0 Å². The molecule has 1 heteroatoms. The first-order valence-electron chi connectivity index (χ1n) is 3.10. The highest BCUT2D eigenvalue weighted by Gasteiger charge is 2.76. The second kappa shape index (κ2) is 0.576. The maximum absolute atomic E-state index is 5.41. The molecule has 2 saturated carbocycles. The van der Waals surface area contributed by atoms with Crippen molar-refractivity contribution in [2.24, 2.45) is 5.92 Å². The van der Waals surface area contributed by atoms with E-state index in [2.05, 4.69) is 0 Å². The van der Waals surface area contributed by atoms with Gasteiger partial charge in [0, 0.05) is 0 Å². The second-order valence-corrected chi connectivity index (χ2v) is 3.04. The Morgan fingerprint density at radius 1 is 1.43 bits per heavy atom. The standard InChI is InChI=1S/C6H8O/c1-2-5-6(7-5)3-4(1)6/h4-5H,1-3H2. The average molecular weight is 96.1 g/mol. The van der Waals surface area contributed by atoms with Gasteiger partial charge in [-0.05, 0) is 25.2 Å². The van der Waals surface area contributed by atoms with Crippen LogP contribution in [0.4, 0.5) is 0 Å². The predicted molar refractivity (Wildman–Crippen MR) is 24.9 cm³/mol. The SMILES string of the molecule is C1CC2OC23CC13. The summed E-state index contributed by atoms with van der Waals surface area (Å²) < 4.78 is 5.41. The molecule has 0 bridgehead atoms. The fourth-order valence-electron chi connectivity index (χ4n) is 2.10. The normalized spacial score (nSPS) is 72.0. The molecule has 3 rings (SSSR count). The number of epoxide rings is 1. The van der Waals surface area contributed by atoms with Crippen LogP contribution in [0.2, 0.25) is 0 Å². The molecular formula is C6H8O. The van der Waals surface area contributed by atoms with Gasteiger partial charge in [0.25, 0.3) is 0 Å². The molecule has 0 aromatic heterocycles. The van der Waals surface area contributed by atoms with E-state index >= 15 is 0 Å². The molecular weight excluding hydrogens is 88.1 g/mol. The summed E-state index contributed by atoms with van der Waals surface area (Å²) in [6.45, 7) is 0. The zero-order valence-electron chi connectivity index (χ0n) is 4.18. The van der Waals surface area contributed by atoms with E-state index in [1.54, 1.807) is 0 Å². The summed E-state index contributed by atoms with van der Waals surface area (Å²) in [5, 5.41) is 0.